The van der Waals surface area contributed by atoms with Gasteiger partial charge in [0.05, 0.1) is 12.0 Å². The normalized spacial score (nSPS) is 10.7. The van der Waals surface area contributed by atoms with E-state index in [2.05, 4.69) is 5.32 Å². The molecule has 0 unspecified atom stereocenters. The molecule has 4 aromatic rings. The lowest BCUT2D eigenvalue weighted by atomic mass is 10.0. The van der Waals surface area contributed by atoms with Crippen molar-refractivity contribution in [2.45, 2.75) is 0 Å². The molecule has 0 spiro atoms. The number of thiophene rings is 1. The molecule has 0 bridgehead atoms. The van der Waals surface area contributed by atoms with Gasteiger partial charge in [0.1, 0.15) is 21.7 Å². The highest BCUT2D eigenvalue weighted by atomic mass is 35.5. The van der Waals surface area contributed by atoms with Gasteiger partial charge >= 0.3 is 5.97 Å². The van der Waals surface area contributed by atoms with Crippen LogP contribution in [0.25, 0.3) is 22.1 Å². The van der Waals surface area contributed by atoms with Crippen LogP contribution in [0.4, 0.5) is 10.7 Å². The number of carbonyl (C=O) groups is 2. The fourth-order valence-electron chi connectivity index (χ4n) is 3.18. The van der Waals surface area contributed by atoms with Crippen molar-refractivity contribution < 1.29 is 23.7 Å². The first-order valence-corrected chi connectivity index (χ1v) is 10.6. The molecule has 2 aromatic heterocycles. The van der Waals surface area contributed by atoms with Gasteiger partial charge in [-0.15, -0.1) is 11.3 Å². The minimum absolute atomic E-state index is 0.151. The van der Waals surface area contributed by atoms with Gasteiger partial charge in [0.25, 0.3) is 11.6 Å². The van der Waals surface area contributed by atoms with Gasteiger partial charge in [0.2, 0.25) is 5.55 Å². The minimum atomic E-state index is -0.716. The third-order valence-electron chi connectivity index (χ3n) is 4.77. The number of benzene rings is 2. The van der Waals surface area contributed by atoms with Crippen molar-refractivity contribution in [3.63, 3.8) is 0 Å². The molecule has 0 fully saturated rings. The molecular formula is C22H14ClN3O6S. The Morgan fingerprint density at radius 1 is 1.18 bits per heavy atom. The number of anilines is 1. The van der Waals surface area contributed by atoms with Crippen molar-refractivity contribution in [2.24, 2.45) is 0 Å². The number of hydrogen-bond acceptors (Lipinski definition) is 8. The van der Waals surface area contributed by atoms with Gasteiger partial charge in [-0.25, -0.2) is 4.79 Å². The molecule has 2 aromatic carbocycles. The first kappa shape index (κ1) is 22.2. The standard InChI is InChI=1S/C22H14ClN3O6S/c1-31-22(28)18-16(11-2-4-13(23)5-3-11)10-33-21(18)25-20(27)15-9-12-8-14(26(29)30)6-7-17(12)32-19(15)24/h2-10,24H,1H3,(H,25,27). The van der Waals surface area contributed by atoms with Gasteiger partial charge in [-0.2, -0.15) is 0 Å². The molecule has 33 heavy (non-hydrogen) atoms. The summed E-state index contributed by atoms with van der Waals surface area (Å²) in [6.07, 6.45) is 0. The van der Waals surface area contributed by atoms with E-state index in [1.54, 1.807) is 29.6 Å². The van der Waals surface area contributed by atoms with E-state index in [9.17, 15) is 19.7 Å². The first-order valence-electron chi connectivity index (χ1n) is 9.32. The number of non-ortho nitro benzene ring substituents is 1. The van der Waals surface area contributed by atoms with E-state index in [1.807, 2.05) is 0 Å². The summed E-state index contributed by atoms with van der Waals surface area (Å²) < 4.78 is 10.2. The summed E-state index contributed by atoms with van der Waals surface area (Å²) in [7, 11) is 1.23. The molecule has 0 aliphatic heterocycles. The molecule has 0 saturated heterocycles. The number of halogens is 1. The van der Waals surface area contributed by atoms with Gasteiger partial charge in [0, 0.05) is 33.5 Å². The number of esters is 1. The fraction of sp³-hybridized carbons (Fsp3) is 0.0455. The number of nitrogens with zero attached hydrogens (tertiary/aromatic N) is 1. The van der Waals surface area contributed by atoms with E-state index in [0.29, 0.717) is 16.1 Å². The van der Waals surface area contributed by atoms with Crippen molar-refractivity contribution in [2.75, 3.05) is 12.4 Å². The average molecular weight is 484 g/mol. The van der Waals surface area contributed by atoms with Crippen molar-refractivity contribution in [3.05, 3.63) is 85.7 Å². The van der Waals surface area contributed by atoms with Crippen molar-refractivity contribution in [1.29, 1.82) is 5.41 Å². The van der Waals surface area contributed by atoms with Crippen LogP contribution in [0.1, 0.15) is 20.7 Å². The second-order valence-electron chi connectivity index (χ2n) is 6.77. The second-order valence-corrected chi connectivity index (χ2v) is 8.09. The lowest BCUT2D eigenvalue weighted by Gasteiger charge is -2.08. The van der Waals surface area contributed by atoms with Gasteiger partial charge in [-0.3, -0.25) is 20.3 Å². The van der Waals surface area contributed by atoms with Gasteiger partial charge in [0.15, 0.2) is 0 Å². The van der Waals surface area contributed by atoms with E-state index >= 15 is 0 Å². The molecule has 0 aliphatic rings. The topological polar surface area (TPSA) is 136 Å². The highest BCUT2D eigenvalue weighted by molar-refractivity contribution is 7.15. The van der Waals surface area contributed by atoms with Crippen LogP contribution in [-0.4, -0.2) is 23.9 Å². The number of nitro groups is 1. The third kappa shape index (κ3) is 4.34. The molecule has 0 radical (unpaired) electrons. The molecule has 0 aliphatic carbocycles. The summed E-state index contributed by atoms with van der Waals surface area (Å²) in [5, 5.41) is 24.5. The molecule has 1 amide bonds. The Bertz CT molecular complexity index is 1480. The summed E-state index contributed by atoms with van der Waals surface area (Å²) >= 11 is 7.05. The second kappa shape index (κ2) is 8.85. The van der Waals surface area contributed by atoms with Crippen LogP contribution in [0, 0.1) is 15.5 Å². The molecule has 11 heteroatoms. The minimum Gasteiger partial charge on any atom is -0.465 e. The van der Waals surface area contributed by atoms with Crippen LogP contribution in [0.15, 0.2) is 58.3 Å². The van der Waals surface area contributed by atoms with Crippen molar-refractivity contribution >= 4 is 56.5 Å². The molecule has 4 rings (SSSR count). The number of ether oxygens (including phenoxy) is 1. The van der Waals surface area contributed by atoms with Crippen LogP contribution < -0.4 is 10.9 Å². The monoisotopic (exact) mass is 483 g/mol. The SMILES string of the molecule is COC(=O)c1c(-c2ccc(Cl)cc2)csc1NC(=O)c1cc2cc([N+](=O)[O-])ccc2oc1=N. The summed E-state index contributed by atoms with van der Waals surface area (Å²) in [6, 6.07) is 12.0. The summed E-state index contributed by atoms with van der Waals surface area (Å²) in [5.41, 5.74) is 0.856. The van der Waals surface area contributed by atoms with Crippen LogP contribution in [0.2, 0.25) is 5.02 Å². The molecule has 2 N–H and O–H groups in total. The lowest BCUT2D eigenvalue weighted by molar-refractivity contribution is -0.384. The third-order valence-corrected chi connectivity index (χ3v) is 5.92. The highest BCUT2D eigenvalue weighted by Crippen LogP contribution is 2.37. The Hall–Kier alpha value is -4.02. The van der Waals surface area contributed by atoms with Gasteiger partial charge < -0.3 is 14.5 Å². The molecule has 0 atom stereocenters. The van der Waals surface area contributed by atoms with E-state index in [-0.39, 0.29) is 32.8 Å². The number of nitro benzene ring substituents is 1. The Labute approximate surface area is 194 Å². The zero-order chi connectivity index (χ0) is 23.7. The van der Waals surface area contributed by atoms with Crippen LogP contribution >= 0.6 is 22.9 Å². The van der Waals surface area contributed by atoms with Gasteiger partial charge in [-0.05, 0) is 29.8 Å². The largest absolute Gasteiger partial charge is 0.465 e. The number of nitrogens with one attached hydrogen (secondary N) is 2. The maximum absolute atomic E-state index is 13.0. The highest BCUT2D eigenvalue weighted by Gasteiger charge is 2.24. The van der Waals surface area contributed by atoms with Crippen molar-refractivity contribution in [3.8, 4) is 11.1 Å². The van der Waals surface area contributed by atoms with Crippen molar-refractivity contribution in [1.82, 2.24) is 0 Å². The number of fused-ring (bicyclic) bond motifs is 1. The Kier molecular flexibility index (Phi) is 5.95. The van der Waals surface area contributed by atoms with E-state index < -0.39 is 22.4 Å². The van der Waals surface area contributed by atoms with Crippen LogP contribution in [0.3, 0.4) is 0 Å². The summed E-state index contributed by atoms with van der Waals surface area (Å²) in [6.45, 7) is 0. The number of carbonyl (C=O) groups excluding carboxylic acids is 2. The number of hydrogen-bond donors (Lipinski definition) is 2. The van der Waals surface area contributed by atoms with E-state index in [0.717, 1.165) is 11.3 Å². The summed E-state index contributed by atoms with van der Waals surface area (Å²) in [5.74, 6) is -1.37. The zero-order valence-corrected chi connectivity index (χ0v) is 18.5. The number of methoxy groups -OCH3 is 1. The first-order chi connectivity index (χ1) is 15.8. The molecule has 2 heterocycles. The average Bonchev–Trinajstić information content (AvgIpc) is 3.21. The summed E-state index contributed by atoms with van der Waals surface area (Å²) in [4.78, 5) is 35.9. The number of rotatable bonds is 5. The van der Waals surface area contributed by atoms with E-state index in [4.69, 9.17) is 26.2 Å². The number of amides is 1. The molecule has 9 nitrogen and oxygen atoms in total. The fourth-order valence-corrected chi connectivity index (χ4v) is 4.26. The van der Waals surface area contributed by atoms with Crippen LogP contribution in [-0.2, 0) is 4.74 Å². The maximum Gasteiger partial charge on any atom is 0.341 e. The van der Waals surface area contributed by atoms with E-state index in [1.165, 1.54) is 31.4 Å². The predicted octanol–water partition coefficient (Wildman–Crippen LogP) is 5.24. The Morgan fingerprint density at radius 2 is 1.91 bits per heavy atom. The lowest BCUT2D eigenvalue weighted by Crippen LogP contribution is -2.21. The molecule has 166 valence electrons. The predicted molar refractivity (Wildman–Crippen MR) is 123 cm³/mol. The zero-order valence-electron chi connectivity index (χ0n) is 16.9. The molecular weight excluding hydrogens is 470 g/mol. The maximum atomic E-state index is 13.0. The quantitative estimate of drug-likeness (QED) is 0.226. The van der Waals surface area contributed by atoms with Gasteiger partial charge in [-0.1, -0.05) is 23.7 Å². The van der Waals surface area contributed by atoms with Crippen LogP contribution in [0.5, 0.6) is 0 Å². The Morgan fingerprint density at radius 3 is 2.58 bits per heavy atom. The molecule has 0 saturated carbocycles. The smallest absolute Gasteiger partial charge is 0.341 e. The Balaban J connectivity index is 1.74.